The van der Waals surface area contributed by atoms with Crippen molar-refractivity contribution in [1.29, 1.82) is 0 Å². The van der Waals surface area contributed by atoms with Gasteiger partial charge in [0.1, 0.15) is 6.33 Å². The maximum Gasteiger partial charge on any atom is 0.348 e. The lowest BCUT2D eigenvalue weighted by atomic mass is 10.2. The van der Waals surface area contributed by atoms with Gasteiger partial charge in [-0.05, 0) is 19.8 Å². The summed E-state index contributed by atoms with van der Waals surface area (Å²) in [6, 6.07) is 0.254. The van der Waals surface area contributed by atoms with Gasteiger partial charge in [0.2, 0.25) is 11.0 Å². The molecule has 6 nitrogen and oxygen atoms in total. The Hall–Kier alpha value is -1.43. The van der Waals surface area contributed by atoms with E-state index in [1.165, 1.54) is 6.33 Å². The number of hydrogen-bond donors (Lipinski definition) is 0. The average molecular weight is 243 g/mol. The van der Waals surface area contributed by atoms with E-state index in [0.29, 0.717) is 5.82 Å². The van der Waals surface area contributed by atoms with E-state index in [9.17, 15) is 10.1 Å². The summed E-state index contributed by atoms with van der Waals surface area (Å²) in [4.78, 5) is 19.9. The van der Waals surface area contributed by atoms with Crippen LogP contribution >= 0.6 is 11.6 Å². The number of anilines is 1. The molecule has 1 unspecified atom stereocenters. The lowest BCUT2D eigenvalue weighted by Gasteiger charge is -2.21. The highest BCUT2D eigenvalue weighted by atomic mass is 35.5. The van der Waals surface area contributed by atoms with Crippen LogP contribution in [0.25, 0.3) is 0 Å². The van der Waals surface area contributed by atoms with Crippen molar-refractivity contribution in [3.8, 4) is 0 Å². The molecule has 16 heavy (non-hydrogen) atoms. The van der Waals surface area contributed by atoms with Crippen molar-refractivity contribution < 1.29 is 4.92 Å². The zero-order valence-corrected chi connectivity index (χ0v) is 9.52. The number of nitrogens with zero attached hydrogens (tertiary/aromatic N) is 4. The largest absolute Gasteiger partial charge is 0.348 e. The molecule has 0 radical (unpaired) electrons. The van der Waals surface area contributed by atoms with E-state index in [1.54, 1.807) is 0 Å². The Bertz CT molecular complexity index is 426. The molecule has 1 aromatic rings. The molecule has 2 heterocycles. The van der Waals surface area contributed by atoms with E-state index < -0.39 is 4.92 Å². The van der Waals surface area contributed by atoms with E-state index in [2.05, 4.69) is 9.97 Å². The third-order valence-corrected chi connectivity index (χ3v) is 3.04. The molecule has 0 aliphatic carbocycles. The van der Waals surface area contributed by atoms with E-state index in [4.69, 9.17) is 11.6 Å². The van der Waals surface area contributed by atoms with Crippen LogP contribution < -0.4 is 4.90 Å². The van der Waals surface area contributed by atoms with Gasteiger partial charge < -0.3 is 4.90 Å². The minimum Gasteiger partial charge on any atom is -0.348 e. The van der Waals surface area contributed by atoms with Crippen molar-refractivity contribution in [3.05, 3.63) is 21.6 Å². The topological polar surface area (TPSA) is 72.2 Å². The van der Waals surface area contributed by atoms with Gasteiger partial charge in [-0.2, -0.15) is 0 Å². The third kappa shape index (κ3) is 1.80. The molecule has 1 aliphatic heterocycles. The molecule has 1 aliphatic rings. The van der Waals surface area contributed by atoms with Crippen molar-refractivity contribution in [2.24, 2.45) is 0 Å². The summed E-state index contributed by atoms with van der Waals surface area (Å²) >= 11 is 5.73. The fourth-order valence-corrected chi connectivity index (χ4v) is 2.16. The van der Waals surface area contributed by atoms with Gasteiger partial charge in [-0.3, -0.25) is 10.1 Å². The molecule has 1 aromatic heterocycles. The quantitative estimate of drug-likeness (QED) is 0.451. The van der Waals surface area contributed by atoms with Crippen LogP contribution in [0.4, 0.5) is 11.5 Å². The smallest absolute Gasteiger partial charge is 0.348 e. The normalized spacial score (nSPS) is 20.1. The fourth-order valence-electron chi connectivity index (χ4n) is 1.96. The van der Waals surface area contributed by atoms with Crippen LogP contribution in [0.1, 0.15) is 19.8 Å². The van der Waals surface area contributed by atoms with Gasteiger partial charge in [-0.25, -0.2) is 9.97 Å². The SMILES string of the molecule is CC1CCCN1c1ncnc(Cl)c1[N+](=O)[O-]. The highest BCUT2D eigenvalue weighted by Gasteiger charge is 2.30. The predicted octanol–water partition coefficient (Wildman–Crippen LogP) is 2.03. The molecular formula is C9H11ClN4O2. The highest BCUT2D eigenvalue weighted by molar-refractivity contribution is 6.31. The van der Waals surface area contributed by atoms with Gasteiger partial charge >= 0.3 is 5.69 Å². The lowest BCUT2D eigenvalue weighted by molar-refractivity contribution is -0.384. The van der Waals surface area contributed by atoms with E-state index in [1.807, 2.05) is 11.8 Å². The number of halogens is 1. The van der Waals surface area contributed by atoms with Gasteiger partial charge in [0.25, 0.3) is 0 Å². The molecule has 0 N–H and O–H groups in total. The van der Waals surface area contributed by atoms with Crippen molar-refractivity contribution >= 4 is 23.1 Å². The van der Waals surface area contributed by atoms with E-state index in [-0.39, 0.29) is 16.9 Å². The second kappa shape index (κ2) is 4.21. The minimum absolute atomic E-state index is 0.103. The summed E-state index contributed by atoms with van der Waals surface area (Å²) in [5.74, 6) is 0.329. The molecular weight excluding hydrogens is 232 g/mol. The monoisotopic (exact) mass is 242 g/mol. The Labute approximate surface area is 97.4 Å². The average Bonchev–Trinajstić information content (AvgIpc) is 2.63. The van der Waals surface area contributed by atoms with Crippen molar-refractivity contribution in [2.45, 2.75) is 25.8 Å². The molecule has 0 saturated carbocycles. The fraction of sp³-hybridized carbons (Fsp3) is 0.556. The molecule has 1 fully saturated rings. The molecule has 7 heteroatoms. The molecule has 0 aromatic carbocycles. The van der Waals surface area contributed by atoms with E-state index >= 15 is 0 Å². The third-order valence-electron chi connectivity index (χ3n) is 2.77. The number of rotatable bonds is 2. The minimum atomic E-state index is -0.525. The zero-order valence-electron chi connectivity index (χ0n) is 8.76. The van der Waals surface area contributed by atoms with Crippen molar-refractivity contribution in [3.63, 3.8) is 0 Å². The number of hydrogen-bond acceptors (Lipinski definition) is 5. The van der Waals surface area contributed by atoms with E-state index in [0.717, 1.165) is 19.4 Å². The Morgan fingerprint density at radius 1 is 1.62 bits per heavy atom. The first kappa shape index (κ1) is 11.1. The van der Waals surface area contributed by atoms with Crippen molar-refractivity contribution in [2.75, 3.05) is 11.4 Å². The Kier molecular flexibility index (Phi) is 2.91. The van der Waals surface area contributed by atoms with Crippen LogP contribution in [-0.2, 0) is 0 Å². The second-order valence-electron chi connectivity index (χ2n) is 3.78. The van der Waals surface area contributed by atoms with Crippen LogP contribution in [0.3, 0.4) is 0 Å². The molecule has 0 spiro atoms. The summed E-state index contributed by atoms with van der Waals surface area (Å²) in [6.07, 6.45) is 3.29. The summed E-state index contributed by atoms with van der Waals surface area (Å²) in [5.41, 5.74) is -0.196. The first-order chi connectivity index (χ1) is 7.61. The van der Waals surface area contributed by atoms with Crippen molar-refractivity contribution in [1.82, 2.24) is 9.97 Å². The summed E-state index contributed by atoms with van der Waals surface area (Å²) in [6.45, 7) is 2.79. The first-order valence-corrected chi connectivity index (χ1v) is 5.40. The molecule has 1 atom stereocenters. The van der Waals surface area contributed by atoms with Gasteiger partial charge in [0, 0.05) is 12.6 Å². The van der Waals surface area contributed by atoms with Gasteiger partial charge in [0.15, 0.2) is 0 Å². The number of aromatic nitrogens is 2. The molecule has 1 saturated heterocycles. The van der Waals surface area contributed by atoms with Crippen LogP contribution in [0.2, 0.25) is 5.15 Å². The van der Waals surface area contributed by atoms with Gasteiger partial charge in [-0.1, -0.05) is 11.6 Å². The highest BCUT2D eigenvalue weighted by Crippen LogP contribution is 2.34. The Morgan fingerprint density at radius 3 is 2.94 bits per heavy atom. The van der Waals surface area contributed by atoms with Gasteiger partial charge in [0.05, 0.1) is 4.92 Å². The maximum absolute atomic E-state index is 10.9. The Morgan fingerprint density at radius 2 is 2.38 bits per heavy atom. The maximum atomic E-state index is 10.9. The van der Waals surface area contributed by atoms with Crippen LogP contribution in [0.5, 0.6) is 0 Å². The van der Waals surface area contributed by atoms with Crippen LogP contribution in [-0.4, -0.2) is 27.5 Å². The molecule has 2 rings (SSSR count). The second-order valence-corrected chi connectivity index (χ2v) is 4.14. The lowest BCUT2D eigenvalue weighted by Crippen LogP contribution is -2.28. The standard InChI is InChI=1S/C9H11ClN4O2/c1-6-3-2-4-13(6)9-7(14(15)16)8(10)11-5-12-9/h5-6H,2-4H2,1H3. The Balaban J connectivity index is 2.47. The molecule has 0 amide bonds. The molecule has 0 bridgehead atoms. The van der Waals surface area contributed by atoms with Crippen LogP contribution in [0, 0.1) is 10.1 Å². The first-order valence-electron chi connectivity index (χ1n) is 5.02. The molecule has 86 valence electrons. The van der Waals surface area contributed by atoms with Crippen LogP contribution in [0.15, 0.2) is 6.33 Å². The summed E-state index contributed by atoms with van der Waals surface area (Å²) in [7, 11) is 0. The predicted molar refractivity (Wildman–Crippen MR) is 59.7 cm³/mol. The summed E-state index contributed by atoms with van der Waals surface area (Å²) < 4.78 is 0. The summed E-state index contributed by atoms with van der Waals surface area (Å²) in [5, 5.41) is 10.8. The number of nitro groups is 1. The zero-order chi connectivity index (χ0) is 11.7. The van der Waals surface area contributed by atoms with Gasteiger partial charge in [-0.15, -0.1) is 0 Å².